The Morgan fingerprint density at radius 1 is 0.231 bits per heavy atom. The van der Waals surface area contributed by atoms with Gasteiger partial charge in [0, 0.05) is 117 Å². The molecule has 12 aromatic carbocycles. The highest BCUT2D eigenvalue weighted by Crippen LogP contribution is 2.43. The maximum Gasteiger partial charge on any atom is 0.213 e. The highest BCUT2D eigenvalue weighted by atomic mass is 32.1. The second-order valence-corrected chi connectivity index (χ2v) is 32.4. The third-order valence-corrected chi connectivity index (χ3v) is 25.1. The third-order valence-electron chi connectivity index (χ3n) is 20.7. The fourth-order valence-electron chi connectivity index (χ4n) is 15.4. The van der Waals surface area contributed by atoms with Crippen LogP contribution >= 0.6 is 45.3 Å². The Morgan fingerprint density at radius 2 is 0.558 bits per heavy atom. The summed E-state index contributed by atoms with van der Waals surface area (Å²) in [5.74, 6) is 0. The first-order chi connectivity index (χ1) is 52.8. The van der Waals surface area contributed by atoms with Crippen LogP contribution in [0.15, 0.2) is 267 Å². The monoisotopic (exact) mass is 1420 g/mol. The quantitative estimate of drug-likeness (QED) is 0.156. The molecule has 4 nitrogen and oxygen atoms in total. The van der Waals surface area contributed by atoms with Gasteiger partial charge in [0.25, 0.3) is 0 Å². The van der Waals surface area contributed by atoms with Crippen LogP contribution in [0, 0.1) is 55.2 Å². The summed E-state index contributed by atoms with van der Waals surface area (Å²) < 4.78 is 65.3. The van der Waals surface area contributed by atoms with Gasteiger partial charge in [-0.2, -0.15) is 18.3 Å². The number of hydrogen-bond donors (Lipinski definition) is 0. The molecule has 8 heterocycles. The van der Waals surface area contributed by atoms with E-state index < -0.39 is 13.7 Å². The van der Waals surface area contributed by atoms with Gasteiger partial charge in [-0.25, -0.2) is 0 Å². The van der Waals surface area contributed by atoms with Crippen molar-refractivity contribution in [3.8, 4) is 45.0 Å². The van der Waals surface area contributed by atoms with Crippen molar-refractivity contribution in [2.24, 2.45) is 28.2 Å². The standard InChI is InChI=1S/C25H22NS.2C24H20NS.C23H18NS/c1-15-6-8-20(17(3)9-15)23-13-22-21-11-18-7-5-16(2)10-19(18)12-24(21)27-25(22)14-26(23)4;1-15-8-10-18(16(2)12-15)21-13-20-23(14-25(21)3)26-22-11-9-17-6-4-5-7-19(17)24(20)22;1-15-8-9-19(16(2)10-15)22-13-21-20-11-17-6-4-5-7-18(17)12-23(20)26-24(21)14-25(22)3;1-15-7-3-6-10-18(15)21-13-20-19-11-16-8-4-5-9-17(16)12-22(19)25-23(20)14-24(21)2/h5-14H,1-4H3;2*4-14H,1-3H3;3-14H,1-2H3/q4*+1/i2*1D3;;. The number of aryl methyl sites for hydroxylation is 12. The molecule has 504 valence electrons. The van der Waals surface area contributed by atoms with E-state index >= 15 is 0 Å². The Balaban J connectivity index is 0.000000107. The fourth-order valence-corrected chi connectivity index (χ4v) is 20.1. The van der Waals surface area contributed by atoms with Crippen molar-refractivity contribution in [1.29, 1.82) is 0 Å². The highest BCUT2D eigenvalue weighted by molar-refractivity contribution is 7.27. The van der Waals surface area contributed by atoms with E-state index in [4.69, 9.17) is 8.22 Å². The van der Waals surface area contributed by atoms with Crippen molar-refractivity contribution >= 4 is 169 Å². The van der Waals surface area contributed by atoms with Crippen molar-refractivity contribution in [1.82, 2.24) is 0 Å². The van der Waals surface area contributed by atoms with Crippen LogP contribution in [0.3, 0.4) is 0 Å². The number of fused-ring (bicyclic) bond motifs is 17. The first-order valence-electron chi connectivity index (χ1n) is 38.2. The minimum absolute atomic E-state index is 0.384. The summed E-state index contributed by atoms with van der Waals surface area (Å²) in [5, 5.41) is 20.7. The number of aromatic nitrogens is 4. The highest BCUT2D eigenvalue weighted by Gasteiger charge is 2.23. The largest absolute Gasteiger partial charge is 0.213 e. The van der Waals surface area contributed by atoms with E-state index in [2.05, 4.69) is 298 Å². The van der Waals surface area contributed by atoms with Crippen LogP contribution in [0.5, 0.6) is 0 Å². The van der Waals surface area contributed by atoms with Crippen LogP contribution in [0.1, 0.15) is 52.7 Å². The van der Waals surface area contributed by atoms with Gasteiger partial charge >= 0.3 is 0 Å². The van der Waals surface area contributed by atoms with E-state index in [1.807, 2.05) is 78.4 Å². The molecule has 0 saturated carbocycles. The normalized spacial score (nSPS) is 12.8. The second kappa shape index (κ2) is 26.8. The predicted molar refractivity (Wildman–Crippen MR) is 452 cm³/mol. The van der Waals surface area contributed by atoms with E-state index in [-0.39, 0.29) is 0 Å². The van der Waals surface area contributed by atoms with Gasteiger partial charge in [0.2, 0.25) is 22.8 Å². The van der Waals surface area contributed by atoms with Crippen LogP contribution < -0.4 is 18.3 Å². The molecule has 20 aromatic rings. The van der Waals surface area contributed by atoms with Crippen LogP contribution in [0.25, 0.3) is 169 Å². The van der Waals surface area contributed by atoms with Gasteiger partial charge in [-0.05, 0) is 187 Å². The molecule has 8 aromatic heterocycles. The average molecular weight is 1420 g/mol. The number of nitrogens with zero attached hydrogens (tertiary/aromatic N) is 4. The fraction of sp³-hybridized carbons (Fsp3) is 0.125. The topological polar surface area (TPSA) is 15.5 Å². The summed E-state index contributed by atoms with van der Waals surface area (Å²) in [4.78, 5) is 0. The molecule has 20 rings (SSSR count). The molecule has 0 N–H and O–H groups in total. The molecule has 0 bridgehead atoms. The molecule has 104 heavy (non-hydrogen) atoms. The second-order valence-electron chi connectivity index (χ2n) is 28.0. The Hall–Kier alpha value is -10.8. The minimum atomic E-state index is -2.09. The first kappa shape index (κ1) is 59.7. The molecule has 0 amide bonds. The van der Waals surface area contributed by atoms with E-state index in [9.17, 15) is 0 Å². The van der Waals surface area contributed by atoms with Crippen molar-refractivity contribution < 1.29 is 26.5 Å². The molecular weight excluding hydrogens is 1340 g/mol. The van der Waals surface area contributed by atoms with Crippen molar-refractivity contribution in [3.63, 3.8) is 0 Å². The molecule has 8 heteroatoms. The Bertz CT molecular complexity index is 7160. The Morgan fingerprint density at radius 3 is 1.02 bits per heavy atom. The zero-order chi connectivity index (χ0) is 76.3. The van der Waals surface area contributed by atoms with Crippen molar-refractivity contribution in [2.45, 2.75) is 55.2 Å². The zero-order valence-electron chi connectivity index (χ0n) is 65.8. The van der Waals surface area contributed by atoms with E-state index in [0.29, 0.717) is 11.1 Å². The molecule has 0 atom stereocenters. The molecule has 0 aliphatic rings. The average Bonchev–Trinajstić information content (AvgIpc) is 1.59. The number of rotatable bonds is 4. The van der Waals surface area contributed by atoms with Gasteiger partial charge < -0.3 is 0 Å². The van der Waals surface area contributed by atoms with Gasteiger partial charge in [-0.3, -0.25) is 0 Å². The van der Waals surface area contributed by atoms with Crippen LogP contribution in [0.4, 0.5) is 0 Å². The van der Waals surface area contributed by atoms with Crippen LogP contribution in [-0.4, -0.2) is 0 Å². The van der Waals surface area contributed by atoms with Gasteiger partial charge in [-0.1, -0.05) is 174 Å². The third kappa shape index (κ3) is 12.2. The van der Waals surface area contributed by atoms with Gasteiger partial charge in [-0.15, -0.1) is 45.3 Å². The molecule has 0 saturated heterocycles. The lowest BCUT2D eigenvalue weighted by Gasteiger charge is -2.06. The summed E-state index contributed by atoms with van der Waals surface area (Å²) in [5.41, 5.74) is 17.3. The summed E-state index contributed by atoms with van der Waals surface area (Å²) in [7, 11) is 8.39. The number of pyridine rings is 4. The minimum Gasteiger partial charge on any atom is -0.200 e. The molecule has 0 unspecified atom stereocenters. The number of benzene rings is 12. The maximum atomic E-state index is 7.67. The molecule has 0 fully saturated rings. The molecule has 0 aliphatic carbocycles. The maximum absolute atomic E-state index is 7.67. The van der Waals surface area contributed by atoms with Gasteiger partial charge in [0.15, 0.2) is 24.8 Å². The van der Waals surface area contributed by atoms with Crippen molar-refractivity contribution in [2.75, 3.05) is 0 Å². The van der Waals surface area contributed by atoms with Gasteiger partial charge in [0.1, 0.15) is 28.2 Å². The van der Waals surface area contributed by atoms with Crippen LogP contribution in [0.2, 0.25) is 0 Å². The molecule has 0 spiro atoms. The van der Waals surface area contributed by atoms with Gasteiger partial charge in [0.05, 0.1) is 18.8 Å². The van der Waals surface area contributed by atoms with E-state index in [0.717, 1.165) is 33.6 Å². The zero-order valence-corrected chi connectivity index (χ0v) is 63.1. The smallest absolute Gasteiger partial charge is 0.200 e. The summed E-state index contributed by atoms with van der Waals surface area (Å²) in [6, 6.07) is 86.0. The molecular formula is C96H80N4S4+4. The van der Waals surface area contributed by atoms with E-state index in [1.54, 1.807) is 24.3 Å². The lowest BCUT2D eigenvalue weighted by Crippen LogP contribution is -2.30. The summed E-state index contributed by atoms with van der Waals surface area (Å²) in [6.45, 7) is 8.45. The number of thiophene rings is 4. The Labute approximate surface area is 631 Å². The van der Waals surface area contributed by atoms with Crippen molar-refractivity contribution in [3.05, 3.63) is 312 Å². The lowest BCUT2D eigenvalue weighted by molar-refractivity contribution is -0.659. The molecule has 0 aliphatic heterocycles. The lowest BCUT2D eigenvalue weighted by atomic mass is 10.00. The van der Waals surface area contributed by atoms with E-state index in [1.165, 1.54) is 169 Å². The first-order valence-corrected chi connectivity index (χ1v) is 38.5. The summed E-state index contributed by atoms with van der Waals surface area (Å²) >= 11 is 7.38. The summed E-state index contributed by atoms with van der Waals surface area (Å²) in [6.07, 6.45) is 8.91. The Kier molecular flexibility index (Phi) is 15.4. The van der Waals surface area contributed by atoms with Crippen LogP contribution in [-0.2, 0) is 28.2 Å². The SMILES string of the molecule is Cc1ccc(-c2cc3c(c[n+]2C)sc2cc4ccccc4cc23)c(C)c1.Cc1ccccc1-c1cc2c(c[n+]1C)sc1cc3ccccc3cc12.[2H]C([2H])([2H])c1ccc(-c2cc3c(c[n+]2C)sc2cc4cc(C)ccc4cc23)c(C)c1.[2H]C([2H])([2H])c1ccc(-c2cc3c(c[n+]2C)sc2ccc4ccccc4c23)c(C)c1. The predicted octanol–water partition coefficient (Wildman–Crippen LogP) is 25.3. The number of hydrogen-bond acceptors (Lipinski definition) is 4. The molecule has 0 radical (unpaired) electrons.